The van der Waals surface area contributed by atoms with Crippen molar-refractivity contribution in [1.82, 2.24) is 4.90 Å². The third-order valence-corrected chi connectivity index (χ3v) is 3.59. The van der Waals surface area contributed by atoms with Crippen molar-refractivity contribution in [3.05, 3.63) is 29.3 Å². The number of rotatable bonds is 4. The van der Waals surface area contributed by atoms with Crippen LogP contribution in [0, 0.1) is 0 Å². The van der Waals surface area contributed by atoms with Crippen molar-refractivity contribution >= 4 is 29.8 Å². The highest BCUT2D eigenvalue weighted by Crippen LogP contribution is 2.20. The number of hydrogen-bond acceptors (Lipinski definition) is 7. The molecule has 0 saturated carbocycles. The molecule has 2 amide bonds. The fourth-order valence-corrected chi connectivity index (χ4v) is 2.36. The number of guanidine groups is 1. The molecule has 31 heavy (non-hydrogen) atoms. The highest BCUT2D eigenvalue weighted by Gasteiger charge is 2.27. The second kappa shape index (κ2) is 10.1. The van der Waals surface area contributed by atoms with Crippen molar-refractivity contribution in [2.45, 2.75) is 59.3 Å². The standard InChI is InChI=1S/C21H32N4O6/c1-20(2,3)30-18(27)24-17(22)25(19(28)31-21(4,5)6)12-13-9-10-15(23-7)14(11-13)16(26)29-8/h9-11,23H,12H2,1-8H3,(H2,22,24,27). The summed E-state index contributed by atoms with van der Waals surface area (Å²) in [5.74, 6) is -0.953. The SMILES string of the molecule is CNc1ccc(CN(C(=O)OC(C)(C)C)C(N)=NC(=O)OC(C)(C)C)cc1C(=O)OC. The zero-order valence-electron chi connectivity index (χ0n) is 19.4. The second-order valence-electron chi connectivity index (χ2n) is 8.64. The minimum absolute atomic E-state index is 0.110. The summed E-state index contributed by atoms with van der Waals surface area (Å²) in [6, 6.07) is 4.91. The average Bonchev–Trinajstić information content (AvgIpc) is 2.61. The van der Waals surface area contributed by atoms with E-state index in [0.717, 1.165) is 4.90 Å². The molecule has 0 aliphatic carbocycles. The van der Waals surface area contributed by atoms with Crippen molar-refractivity contribution in [3.8, 4) is 0 Å². The maximum atomic E-state index is 12.8. The van der Waals surface area contributed by atoms with Crippen LogP contribution in [0.25, 0.3) is 0 Å². The molecule has 0 fully saturated rings. The minimum atomic E-state index is -0.945. The Morgan fingerprint density at radius 3 is 2.13 bits per heavy atom. The van der Waals surface area contributed by atoms with E-state index in [9.17, 15) is 14.4 Å². The number of nitrogens with one attached hydrogen (secondary N) is 1. The van der Waals surface area contributed by atoms with E-state index in [-0.39, 0.29) is 12.1 Å². The van der Waals surface area contributed by atoms with Gasteiger partial charge in [0.2, 0.25) is 5.96 Å². The summed E-state index contributed by atoms with van der Waals surface area (Å²) < 4.78 is 15.3. The largest absolute Gasteiger partial charge is 0.465 e. The van der Waals surface area contributed by atoms with Crippen molar-refractivity contribution in [2.75, 3.05) is 19.5 Å². The van der Waals surface area contributed by atoms with Crippen LogP contribution in [0.15, 0.2) is 23.2 Å². The van der Waals surface area contributed by atoms with Crippen LogP contribution >= 0.6 is 0 Å². The van der Waals surface area contributed by atoms with E-state index in [2.05, 4.69) is 10.3 Å². The first kappa shape index (κ1) is 25.7. The molecule has 0 bridgehead atoms. The van der Waals surface area contributed by atoms with E-state index >= 15 is 0 Å². The summed E-state index contributed by atoms with van der Waals surface area (Å²) in [5, 5.41) is 2.90. The Morgan fingerprint density at radius 1 is 1.06 bits per heavy atom. The monoisotopic (exact) mass is 436 g/mol. The Bertz CT molecular complexity index is 852. The number of esters is 1. The van der Waals surface area contributed by atoms with E-state index in [1.165, 1.54) is 7.11 Å². The van der Waals surface area contributed by atoms with Gasteiger partial charge >= 0.3 is 18.2 Å². The Kier molecular flexibility index (Phi) is 8.42. The van der Waals surface area contributed by atoms with Crippen LogP contribution < -0.4 is 11.1 Å². The van der Waals surface area contributed by atoms with Crippen LogP contribution in [0.5, 0.6) is 0 Å². The topological polar surface area (TPSA) is 133 Å². The van der Waals surface area contributed by atoms with Crippen LogP contribution in [-0.4, -0.2) is 54.4 Å². The number of benzene rings is 1. The summed E-state index contributed by atoms with van der Waals surface area (Å²) in [6.07, 6.45) is -1.76. The third-order valence-electron chi connectivity index (χ3n) is 3.59. The molecule has 0 unspecified atom stereocenters. The normalized spacial score (nSPS) is 12.1. The lowest BCUT2D eigenvalue weighted by Gasteiger charge is -2.27. The molecular formula is C21H32N4O6. The van der Waals surface area contributed by atoms with Gasteiger partial charge in [0, 0.05) is 12.7 Å². The van der Waals surface area contributed by atoms with Gasteiger partial charge in [-0.1, -0.05) is 6.07 Å². The van der Waals surface area contributed by atoms with Gasteiger partial charge in [-0.2, -0.15) is 0 Å². The lowest BCUT2D eigenvalue weighted by atomic mass is 10.1. The van der Waals surface area contributed by atoms with Crippen LogP contribution in [0.1, 0.15) is 57.5 Å². The second-order valence-corrected chi connectivity index (χ2v) is 8.64. The van der Waals surface area contributed by atoms with Gasteiger partial charge in [0.15, 0.2) is 0 Å². The first-order valence-corrected chi connectivity index (χ1v) is 9.63. The molecule has 0 atom stereocenters. The zero-order valence-corrected chi connectivity index (χ0v) is 19.4. The summed E-state index contributed by atoms with van der Waals surface area (Å²) >= 11 is 0. The van der Waals surface area contributed by atoms with Crippen molar-refractivity contribution in [3.63, 3.8) is 0 Å². The third kappa shape index (κ3) is 8.53. The number of methoxy groups -OCH3 is 1. The van der Waals surface area contributed by atoms with E-state index < -0.39 is 35.3 Å². The van der Waals surface area contributed by atoms with Crippen molar-refractivity contribution in [2.24, 2.45) is 10.7 Å². The molecule has 0 spiro atoms. The van der Waals surface area contributed by atoms with E-state index in [0.29, 0.717) is 11.3 Å². The maximum absolute atomic E-state index is 12.8. The Morgan fingerprint density at radius 2 is 1.65 bits per heavy atom. The molecule has 0 aliphatic heterocycles. The zero-order chi connectivity index (χ0) is 24.0. The molecule has 10 heteroatoms. The Labute approximate surface area is 182 Å². The van der Waals surface area contributed by atoms with Crippen molar-refractivity contribution in [1.29, 1.82) is 0 Å². The smallest absolute Gasteiger partial charge is 0.437 e. The van der Waals surface area contributed by atoms with Crippen LogP contribution in [0.4, 0.5) is 15.3 Å². The van der Waals surface area contributed by atoms with Crippen LogP contribution in [0.3, 0.4) is 0 Å². The van der Waals surface area contributed by atoms with Gasteiger partial charge in [0.1, 0.15) is 11.2 Å². The summed E-state index contributed by atoms with van der Waals surface area (Å²) in [4.78, 5) is 41.6. The van der Waals surface area contributed by atoms with E-state index in [4.69, 9.17) is 19.9 Å². The molecule has 0 aliphatic rings. The maximum Gasteiger partial charge on any atom is 0.437 e. The highest BCUT2D eigenvalue weighted by atomic mass is 16.6. The molecule has 0 saturated heterocycles. The van der Waals surface area contributed by atoms with Crippen LogP contribution in [0.2, 0.25) is 0 Å². The van der Waals surface area contributed by atoms with Crippen molar-refractivity contribution < 1.29 is 28.6 Å². The van der Waals surface area contributed by atoms with Gasteiger partial charge in [-0.15, -0.1) is 4.99 Å². The molecule has 1 aromatic carbocycles. The Balaban J connectivity index is 3.31. The molecule has 0 radical (unpaired) electrons. The fourth-order valence-electron chi connectivity index (χ4n) is 2.36. The van der Waals surface area contributed by atoms with Gasteiger partial charge in [-0.25, -0.2) is 19.3 Å². The number of nitrogens with two attached hydrogens (primary N) is 1. The molecular weight excluding hydrogens is 404 g/mol. The lowest BCUT2D eigenvalue weighted by molar-refractivity contribution is 0.0356. The summed E-state index contributed by atoms with van der Waals surface area (Å²) in [6.45, 7) is 10.0. The molecule has 0 heterocycles. The lowest BCUT2D eigenvalue weighted by Crippen LogP contribution is -2.44. The van der Waals surface area contributed by atoms with Gasteiger partial charge in [-0.3, -0.25) is 0 Å². The molecule has 1 aromatic rings. The van der Waals surface area contributed by atoms with Gasteiger partial charge in [0.25, 0.3) is 0 Å². The average molecular weight is 437 g/mol. The molecule has 0 aromatic heterocycles. The number of anilines is 1. The molecule has 1 rings (SSSR count). The molecule has 10 nitrogen and oxygen atoms in total. The number of amides is 2. The number of ether oxygens (including phenoxy) is 3. The summed E-state index contributed by atoms with van der Waals surface area (Å²) in [7, 11) is 2.94. The van der Waals surface area contributed by atoms with Crippen LogP contribution in [-0.2, 0) is 20.8 Å². The minimum Gasteiger partial charge on any atom is -0.465 e. The molecule has 172 valence electrons. The van der Waals surface area contributed by atoms with E-state index in [1.54, 1.807) is 66.8 Å². The molecule has 3 N–H and O–H groups in total. The number of carbonyl (C=O) groups is 3. The number of carbonyl (C=O) groups excluding carboxylic acids is 3. The van der Waals surface area contributed by atoms with Gasteiger partial charge < -0.3 is 25.3 Å². The van der Waals surface area contributed by atoms with E-state index in [1.807, 2.05) is 0 Å². The fraction of sp³-hybridized carbons (Fsp3) is 0.524. The predicted octanol–water partition coefficient (Wildman–Crippen LogP) is 3.50. The number of aliphatic imine (C=N–C) groups is 1. The quantitative estimate of drug-likeness (QED) is 0.317. The summed E-state index contributed by atoms with van der Waals surface area (Å²) in [5.41, 5.74) is 5.72. The first-order valence-electron chi connectivity index (χ1n) is 9.63. The number of nitrogens with zero attached hydrogens (tertiary/aromatic N) is 2. The Hall–Kier alpha value is -3.30. The van der Waals surface area contributed by atoms with Gasteiger partial charge in [0.05, 0.1) is 19.2 Å². The predicted molar refractivity (Wildman–Crippen MR) is 117 cm³/mol. The first-order chi connectivity index (χ1) is 14.2. The highest BCUT2D eigenvalue weighted by molar-refractivity contribution is 5.98. The van der Waals surface area contributed by atoms with Gasteiger partial charge in [-0.05, 0) is 59.2 Å². The number of hydrogen-bond donors (Lipinski definition) is 2.